The van der Waals surface area contributed by atoms with Crippen LogP contribution in [0.25, 0.3) is 0 Å². The molecule has 0 saturated heterocycles. The van der Waals surface area contributed by atoms with Crippen molar-refractivity contribution in [1.29, 1.82) is 0 Å². The summed E-state index contributed by atoms with van der Waals surface area (Å²) in [6, 6.07) is 13.1. The maximum absolute atomic E-state index is 6.21. The van der Waals surface area contributed by atoms with Gasteiger partial charge in [0.15, 0.2) is 0 Å². The molecular weight excluding hydrogens is 434 g/mol. The first-order valence-corrected chi connectivity index (χ1v) is 8.73. The second-order valence-corrected chi connectivity index (χ2v) is 7.40. The second kappa shape index (κ2) is 5.74. The van der Waals surface area contributed by atoms with Crippen LogP contribution < -0.4 is 0 Å². The Balaban J connectivity index is 1.94. The van der Waals surface area contributed by atoms with Gasteiger partial charge in [0.05, 0.1) is 9.85 Å². The first-order valence-electron chi connectivity index (χ1n) is 6.36. The summed E-state index contributed by atoms with van der Waals surface area (Å²) in [5.74, 6) is 0. The largest absolute Gasteiger partial charge is 0.0832 e. The Kier molecular flexibility index (Phi) is 4.20. The van der Waals surface area contributed by atoms with E-state index in [2.05, 4.69) is 74.9 Å². The lowest BCUT2D eigenvalue weighted by molar-refractivity contribution is 0.911. The van der Waals surface area contributed by atoms with Crippen LogP contribution in [0.5, 0.6) is 0 Å². The summed E-state index contributed by atoms with van der Waals surface area (Å²) < 4.78 is 1.09. The summed E-state index contributed by atoms with van der Waals surface area (Å²) >= 11 is 12.3. The van der Waals surface area contributed by atoms with Gasteiger partial charge >= 0.3 is 0 Å². The third kappa shape index (κ3) is 2.86. The molecule has 3 rings (SSSR count). The Morgan fingerprint density at radius 3 is 2.47 bits per heavy atom. The van der Waals surface area contributed by atoms with Crippen molar-refractivity contribution in [3.8, 4) is 0 Å². The van der Waals surface area contributed by atoms with Crippen LogP contribution in [-0.4, -0.2) is 0 Å². The molecule has 0 aromatic heterocycles. The van der Waals surface area contributed by atoms with E-state index in [0.29, 0.717) is 0 Å². The predicted octanol–water partition coefficient (Wildman–Crippen LogP) is 5.92. The van der Waals surface area contributed by atoms with Gasteiger partial charge in [-0.15, -0.1) is 0 Å². The van der Waals surface area contributed by atoms with Crippen molar-refractivity contribution in [2.75, 3.05) is 0 Å². The number of rotatable bonds is 2. The molecule has 98 valence electrons. The number of aryl methyl sites for hydroxylation is 2. The average Bonchev–Trinajstić information content (AvgIpc) is 2.88. The third-order valence-electron chi connectivity index (χ3n) is 3.65. The summed E-state index contributed by atoms with van der Waals surface area (Å²) in [6.45, 7) is 0. The van der Waals surface area contributed by atoms with E-state index in [1.54, 1.807) is 0 Å². The van der Waals surface area contributed by atoms with E-state index in [9.17, 15) is 0 Å². The van der Waals surface area contributed by atoms with Crippen molar-refractivity contribution in [1.82, 2.24) is 0 Å². The average molecular weight is 448 g/mol. The second-order valence-electron chi connectivity index (χ2n) is 4.92. The highest BCUT2D eigenvalue weighted by molar-refractivity contribution is 14.1. The molecule has 19 heavy (non-hydrogen) atoms. The van der Waals surface area contributed by atoms with Crippen LogP contribution in [-0.2, 0) is 12.8 Å². The number of hydrogen-bond donors (Lipinski definition) is 0. The van der Waals surface area contributed by atoms with Crippen molar-refractivity contribution in [2.24, 2.45) is 0 Å². The minimum absolute atomic E-state index is 0.216. The summed E-state index contributed by atoms with van der Waals surface area (Å²) in [5.41, 5.74) is 5.56. The standard InChI is InChI=1S/C16H13BrClI/c17-16(13-6-7-15(19)14(18)9-13)12-5-4-10-2-1-3-11(10)8-12/h4-9,16H,1-3H2. The topological polar surface area (TPSA) is 0 Å². The van der Waals surface area contributed by atoms with Crippen molar-refractivity contribution in [3.05, 3.63) is 67.2 Å². The SMILES string of the molecule is Clc1cc(C(Br)c2ccc3c(c2)CCC3)ccc1I. The Morgan fingerprint density at radius 2 is 1.68 bits per heavy atom. The fourth-order valence-electron chi connectivity index (χ4n) is 2.61. The van der Waals surface area contributed by atoms with E-state index in [1.165, 1.54) is 41.5 Å². The molecule has 1 aliphatic carbocycles. The van der Waals surface area contributed by atoms with E-state index in [0.717, 1.165) is 8.59 Å². The molecular formula is C16H13BrClI. The Bertz CT molecular complexity index is 624. The quantitative estimate of drug-likeness (QED) is 0.396. The minimum Gasteiger partial charge on any atom is -0.0832 e. The molecule has 1 unspecified atom stereocenters. The van der Waals surface area contributed by atoms with E-state index >= 15 is 0 Å². The zero-order valence-electron chi connectivity index (χ0n) is 10.3. The fraction of sp³-hybridized carbons (Fsp3) is 0.250. The number of benzene rings is 2. The van der Waals surface area contributed by atoms with Crippen LogP contribution >= 0.6 is 50.1 Å². The van der Waals surface area contributed by atoms with Crippen LogP contribution in [0.3, 0.4) is 0 Å². The molecule has 1 atom stereocenters. The van der Waals surface area contributed by atoms with E-state index in [1.807, 2.05) is 0 Å². The molecule has 0 saturated carbocycles. The first kappa shape index (κ1) is 13.9. The summed E-state index contributed by atoms with van der Waals surface area (Å²) in [6.07, 6.45) is 3.75. The van der Waals surface area contributed by atoms with E-state index in [4.69, 9.17) is 11.6 Å². The molecule has 0 aliphatic heterocycles. The van der Waals surface area contributed by atoms with Crippen LogP contribution in [0.2, 0.25) is 5.02 Å². The van der Waals surface area contributed by atoms with Crippen molar-refractivity contribution in [2.45, 2.75) is 24.1 Å². The van der Waals surface area contributed by atoms with Gasteiger partial charge in [-0.25, -0.2) is 0 Å². The third-order valence-corrected chi connectivity index (χ3v) is 6.28. The molecule has 3 heteroatoms. The molecule has 2 aromatic rings. The zero-order valence-corrected chi connectivity index (χ0v) is 14.8. The number of hydrogen-bond acceptors (Lipinski definition) is 0. The van der Waals surface area contributed by atoms with Crippen LogP contribution in [0.1, 0.15) is 33.5 Å². The van der Waals surface area contributed by atoms with Crippen molar-refractivity contribution >= 4 is 50.1 Å². The lowest BCUT2D eigenvalue weighted by Crippen LogP contribution is -1.95. The van der Waals surface area contributed by atoms with E-state index in [-0.39, 0.29) is 4.83 Å². The molecule has 0 spiro atoms. The van der Waals surface area contributed by atoms with Crippen molar-refractivity contribution in [3.63, 3.8) is 0 Å². The number of halogens is 3. The predicted molar refractivity (Wildman–Crippen MR) is 93.4 cm³/mol. The Morgan fingerprint density at radius 1 is 1.00 bits per heavy atom. The maximum atomic E-state index is 6.21. The molecule has 0 amide bonds. The monoisotopic (exact) mass is 446 g/mol. The fourth-order valence-corrected chi connectivity index (χ4v) is 3.71. The van der Waals surface area contributed by atoms with E-state index < -0.39 is 0 Å². The van der Waals surface area contributed by atoms with Gasteiger partial charge in [0.1, 0.15) is 0 Å². The molecule has 0 bridgehead atoms. The Labute approximate surface area is 140 Å². The molecule has 0 N–H and O–H groups in total. The normalized spacial score (nSPS) is 15.3. The molecule has 0 fully saturated rings. The molecule has 0 nitrogen and oxygen atoms in total. The van der Waals surface area contributed by atoms with Gasteiger partial charge in [-0.05, 0) is 76.2 Å². The van der Waals surface area contributed by atoms with Gasteiger partial charge in [0, 0.05) is 3.57 Å². The lowest BCUT2D eigenvalue weighted by Gasteiger charge is -2.13. The van der Waals surface area contributed by atoms with Gasteiger partial charge < -0.3 is 0 Å². The summed E-state index contributed by atoms with van der Waals surface area (Å²) in [5, 5.41) is 0.823. The van der Waals surface area contributed by atoms with Gasteiger partial charge in [0.2, 0.25) is 0 Å². The molecule has 0 heterocycles. The minimum atomic E-state index is 0.216. The first-order chi connectivity index (χ1) is 9.15. The van der Waals surface area contributed by atoms with Crippen molar-refractivity contribution < 1.29 is 0 Å². The zero-order chi connectivity index (χ0) is 13.4. The van der Waals surface area contributed by atoms with Crippen LogP contribution in [0, 0.1) is 3.57 Å². The smallest absolute Gasteiger partial charge is 0.0645 e. The van der Waals surface area contributed by atoms with Crippen LogP contribution in [0.4, 0.5) is 0 Å². The van der Waals surface area contributed by atoms with Gasteiger partial charge in [0.25, 0.3) is 0 Å². The summed E-state index contributed by atoms with van der Waals surface area (Å²) in [4.78, 5) is 0.216. The van der Waals surface area contributed by atoms with Gasteiger partial charge in [-0.3, -0.25) is 0 Å². The molecule has 0 radical (unpaired) electrons. The highest BCUT2D eigenvalue weighted by Crippen LogP contribution is 2.35. The lowest BCUT2D eigenvalue weighted by atomic mass is 10.0. The summed E-state index contributed by atoms with van der Waals surface area (Å²) in [7, 11) is 0. The Hall–Kier alpha value is -0.0600. The van der Waals surface area contributed by atoms with Gasteiger partial charge in [-0.2, -0.15) is 0 Å². The van der Waals surface area contributed by atoms with Gasteiger partial charge in [-0.1, -0.05) is 51.8 Å². The molecule has 2 aromatic carbocycles. The van der Waals surface area contributed by atoms with Crippen LogP contribution in [0.15, 0.2) is 36.4 Å². The number of fused-ring (bicyclic) bond motifs is 1. The molecule has 1 aliphatic rings. The highest BCUT2D eigenvalue weighted by atomic mass is 127. The number of alkyl halides is 1. The highest BCUT2D eigenvalue weighted by Gasteiger charge is 2.16. The maximum Gasteiger partial charge on any atom is 0.0645 e.